The number of hydrogen-bond acceptors (Lipinski definition) is 8. The van der Waals surface area contributed by atoms with Crippen LogP contribution in [0, 0.1) is 6.92 Å². The van der Waals surface area contributed by atoms with Gasteiger partial charge in [0, 0.05) is 16.5 Å². The summed E-state index contributed by atoms with van der Waals surface area (Å²) in [6.45, 7) is 1.86. The van der Waals surface area contributed by atoms with E-state index in [1.165, 1.54) is 30.3 Å². The number of nitrogen functional groups attached to an aromatic ring is 1. The molecule has 0 spiro atoms. The van der Waals surface area contributed by atoms with Crippen LogP contribution in [-0.4, -0.2) is 21.4 Å². The Balaban J connectivity index is 1.59. The number of hydrogen-bond donors (Lipinski definition) is 2. The number of nitrogens with two attached hydrogens (primary N) is 1. The lowest BCUT2D eigenvalue weighted by atomic mass is 10.1. The standard InChI is InChI=1S/C27H21N3O6S2/c1-17-8-10-19(11-9-17)38(34,35)36-26-7-3-5-18-4-2-6-25(27(18)26)30-29-24-15-14-23(28)22-16-20(37(31,32)33)12-13-21(22)24/h2-16H,28H2,1H3,(H,31,32,33). The predicted molar refractivity (Wildman–Crippen MR) is 145 cm³/mol. The molecule has 0 saturated carbocycles. The van der Waals surface area contributed by atoms with Gasteiger partial charge < -0.3 is 9.92 Å². The molecule has 9 nitrogen and oxygen atoms in total. The van der Waals surface area contributed by atoms with Crippen LogP contribution in [0.15, 0.2) is 111 Å². The summed E-state index contributed by atoms with van der Waals surface area (Å²) in [5.74, 6) is 0.0950. The van der Waals surface area contributed by atoms with Crippen molar-refractivity contribution in [3.63, 3.8) is 0 Å². The van der Waals surface area contributed by atoms with Gasteiger partial charge in [0.25, 0.3) is 10.1 Å². The van der Waals surface area contributed by atoms with Crippen molar-refractivity contribution >= 4 is 58.8 Å². The molecule has 5 rings (SSSR count). The van der Waals surface area contributed by atoms with Crippen LogP contribution in [0.4, 0.5) is 17.1 Å². The molecule has 0 bridgehead atoms. The van der Waals surface area contributed by atoms with Crippen LogP contribution >= 0.6 is 0 Å². The third kappa shape index (κ3) is 4.94. The zero-order valence-corrected chi connectivity index (χ0v) is 21.6. The number of rotatable bonds is 6. The van der Waals surface area contributed by atoms with E-state index in [2.05, 4.69) is 10.2 Å². The summed E-state index contributed by atoms with van der Waals surface area (Å²) in [5, 5.41) is 10.7. The minimum Gasteiger partial charge on any atom is -0.398 e. The van der Waals surface area contributed by atoms with Crippen LogP contribution in [0.1, 0.15) is 5.56 Å². The molecule has 0 aliphatic heterocycles. The van der Waals surface area contributed by atoms with Crippen LogP contribution in [0.2, 0.25) is 0 Å². The van der Waals surface area contributed by atoms with Gasteiger partial charge in [0.1, 0.15) is 4.90 Å². The molecule has 5 aromatic rings. The Bertz CT molecular complexity index is 1950. The van der Waals surface area contributed by atoms with Gasteiger partial charge in [-0.1, -0.05) is 48.0 Å². The molecule has 0 atom stereocenters. The van der Waals surface area contributed by atoms with Gasteiger partial charge in [0.2, 0.25) is 0 Å². The molecule has 0 aliphatic rings. The lowest BCUT2D eigenvalue weighted by Gasteiger charge is -2.11. The summed E-state index contributed by atoms with van der Waals surface area (Å²) in [7, 11) is -8.53. The summed E-state index contributed by atoms with van der Waals surface area (Å²) in [6, 6.07) is 23.8. The van der Waals surface area contributed by atoms with Crippen molar-refractivity contribution in [1.29, 1.82) is 0 Å². The molecule has 0 fully saturated rings. The summed E-state index contributed by atoms with van der Waals surface area (Å²) in [4.78, 5) is -0.270. The smallest absolute Gasteiger partial charge is 0.339 e. The fourth-order valence-electron chi connectivity index (χ4n) is 4.00. The summed E-state index contributed by atoms with van der Waals surface area (Å²) in [6.07, 6.45) is 0. The van der Waals surface area contributed by atoms with Crippen LogP contribution in [0.3, 0.4) is 0 Å². The maximum atomic E-state index is 13.0. The molecule has 0 radical (unpaired) electrons. The molecule has 192 valence electrons. The van der Waals surface area contributed by atoms with Gasteiger partial charge in [-0.2, -0.15) is 16.8 Å². The van der Waals surface area contributed by atoms with E-state index in [0.29, 0.717) is 38.6 Å². The maximum absolute atomic E-state index is 13.0. The summed E-state index contributed by atoms with van der Waals surface area (Å²) in [5.41, 5.74) is 7.99. The molecule has 38 heavy (non-hydrogen) atoms. The Hall–Kier alpha value is -4.32. The Morgan fingerprint density at radius 1 is 0.737 bits per heavy atom. The van der Waals surface area contributed by atoms with Gasteiger partial charge in [0.15, 0.2) is 5.75 Å². The molecule has 0 saturated heterocycles. The SMILES string of the molecule is Cc1ccc(S(=O)(=O)Oc2cccc3cccc(N=Nc4ccc(N)c5cc(S(=O)(=O)O)ccc45)c23)cc1. The number of benzene rings is 5. The van der Waals surface area contributed by atoms with Crippen molar-refractivity contribution in [2.75, 3.05) is 5.73 Å². The minimum absolute atomic E-state index is 0.0248. The van der Waals surface area contributed by atoms with Gasteiger partial charge in [0.05, 0.1) is 21.7 Å². The molecule has 11 heteroatoms. The Morgan fingerprint density at radius 2 is 1.39 bits per heavy atom. The lowest BCUT2D eigenvalue weighted by Crippen LogP contribution is -2.10. The fraction of sp³-hybridized carbons (Fsp3) is 0.0370. The molecule has 3 N–H and O–H groups in total. The van der Waals surface area contributed by atoms with Crippen molar-refractivity contribution in [3.8, 4) is 5.75 Å². The van der Waals surface area contributed by atoms with Gasteiger partial charge in [-0.15, -0.1) is 10.2 Å². The van der Waals surface area contributed by atoms with Crippen molar-refractivity contribution < 1.29 is 25.6 Å². The van der Waals surface area contributed by atoms with Gasteiger partial charge >= 0.3 is 10.1 Å². The van der Waals surface area contributed by atoms with E-state index in [4.69, 9.17) is 9.92 Å². The second-order valence-corrected chi connectivity index (χ2v) is 11.5. The Morgan fingerprint density at radius 3 is 2.11 bits per heavy atom. The molecule has 0 aliphatic carbocycles. The highest BCUT2D eigenvalue weighted by Gasteiger charge is 2.19. The first-order valence-electron chi connectivity index (χ1n) is 11.3. The third-order valence-corrected chi connectivity index (χ3v) is 8.01. The van der Waals surface area contributed by atoms with Crippen molar-refractivity contribution in [2.24, 2.45) is 10.2 Å². The highest BCUT2D eigenvalue weighted by Crippen LogP contribution is 2.38. The lowest BCUT2D eigenvalue weighted by molar-refractivity contribution is 0.482. The largest absolute Gasteiger partial charge is 0.398 e. The van der Waals surface area contributed by atoms with E-state index in [0.717, 1.165) is 5.56 Å². The highest BCUT2D eigenvalue weighted by molar-refractivity contribution is 7.87. The first kappa shape index (κ1) is 25.3. The van der Waals surface area contributed by atoms with E-state index >= 15 is 0 Å². The van der Waals surface area contributed by atoms with Crippen molar-refractivity contribution in [2.45, 2.75) is 16.7 Å². The zero-order valence-electron chi connectivity index (χ0n) is 19.9. The van der Waals surface area contributed by atoms with Crippen molar-refractivity contribution in [1.82, 2.24) is 0 Å². The van der Waals surface area contributed by atoms with E-state index in [9.17, 15) is 21.4 Å². The van der Waals surface area contributed by atoms with Gasteiger partial charge in [-0.25, -0.2) is 0 Å². The van der Waals surface area contributed by atoms with Crippen LogP contribution in [-0.2, 0) is 20.2 Å². The third-order valence-electron chi connectivity index (χ3n) is 5.92. The number of aryl methyl sites for hydroxylation is 1. The molecular formula is C27H21N3O6S2. The number of fused-ring (bicyclic) bond motifs is 2. The van der Waals surface area contributed by atoms with E-state index in [1.54, 1.807) is 60.7 Å². The van der Waals surface area contributed by atoms with Crippen molar-refractivity contribution in [3.05, 3.63) is 96.6 Å². The number of anilines is 1. The maximum Gasteiger partial charge on any atom is 0.339 e. The molecule has 0 aromatic heterocycles. The molecule has 5 aromatic carbocycles. The number of azo groups is 1. The fourth-order valence-corrected chi connectivity index (χ4v) is 5.45. The minimum atomic E-state index is -4.42. The second kappa shape index (κ2) is 9.53. The monoisotopic (exact) mass is 547 g/mol. The van der Waals surface area contributed by atoms with Crippen LogP contribution in [0.25, 0.3) is 21.5 Å². The topological polar surface area (TPSA) is 148 Å². The first-order valence-corrected chi connectivity index (χ1v) is 14.1. The molecular weight excluding hydrogens is 526 g/mol. The Labute approximate surface area is 219 Å². The predicted octanol–water partition coefficient (Wildman–Crippen LogP) is 6.31. The quantitative estimate of drug-likeness (QED) is 0.109. The normalized spacial score (nSPS) is 12.4. The summed E-state index contributed by atoms with van der Waals surface area (Å²) >= 11 is 0. The highest BCUT2D eigenvalue weighted by atomic mass is 32.2. The van der Waals surface area contributed by atoms with Gasteiger partial charge in [-0.05, 0) is 60.8 Å². The average Bonchev–Trinajstić information content (AvgIpc) is 2.88. The van der Waals surface area contributed by atoms with E-state index < -0.39 is 20.2 Å². The zero-order chi connectivity index (χ0) is 27.1. The van der Waals surface area contributed by atoms with E-state index in [1.807, 2.05) is 6.92 Å². The second-order valence-electron chi connectivity index (χ2n) is 8.54. The number of nitrogens with zero attached hydrogens (tertiary/aromatic N) is 2. The first-order chi connectivity index (χ1) is 18.0. The van der Waals surface area contributed by atoms with Crippen LogP contribution in [0.5, 0.6) is 5.75 Å². The summed E-state index contributed by atoms with van der Waals surface area (Å²) < 4.78 is 64.0. The van der Waals surface area contributed by atoms with Gasteiger partial charge in [-0.3, -0.25) is 4.55 Å². The van der Waals surface area contributed by atoms with E-state index in [-0.39, 0.29) is 15.5 Å². The van der Waals surface area contributed by atoms with Crippen LogP contribution < -0.4 is 9.92 Å². The average molecular weight is 548 g/mol. The molecule has 0 amide bonds. The Kier molecular flexibility index (Phi) is 6.35. The molecule has 0 heterocycles. The molecule has 0 unspecified atom stereocenters.